The predicted octanol–water partition coefficient (Wildman–Crippen LogP) is 2.80. The molecule has 0 bridgehead atoms. The van der Waals surface area contributed by atoms with Gasteiger partial charge in [-0.3, -0.25) is 4.79 Å². The molecule has 0 unspecified atom stereocenters. The summed E-state index contributed by atoms with van der Waals surface area (Å²) < 4.78 is 14.4. The third kappa shape index (κ3) is 3.15. The van der Waals surface area contributed by atoms with Gasteiger partial charge in [-0.05, 0) is 45.0 Å². The number of carbonyl (C=O) groups is 1. The van der Waals surface area contributed by atoms with Crippen molar-refractivity contribution < 1.29 is 9.18 Å². The number of amides is 1. The zero-order chi connectivity index (χ0) is 14.0. The molecule has 1 fully saturated rings. The summed E-state index contributed by atoms with van der Waals surface area (Å²) >= 11 is 3.19. The van der Waals surface area contributed by atoms with E-state index in [2.05, 4.69) is 28.2 Å². The molecule has 104 valence electrons. The van der Waals surface area contributed by atoms with E-state index in [0.29, 0.717) is 17.6 Å². The molecule has 5 heteroatoms. The average Bonchev–Trinajstić information content (AvgIpc) is 2.39. The van der Waals surface area contributed by atoms with Crippen molar-refractivity contribution in [1.82, 2.24) is 10.2 Å². The number of nitrogens with zero attached hydrogens (tertiary/aromatic N) is 1. The highest BCUT2D eigenvalue weighted by Crippen LogP contribution is 2.23. The summed E-state index contributed by atoms with van der Waals surface area (Å²) in [6, 6.07) is 4.56. The number of hydrogen-bond donors (Lipinski definition) is 1. The maximum absolute atomic E-state index is 13.8. The lowest BCUT2D eigenvalue weighted by atomic mass is 9.89. The van der Waals surface area contributed by atoms with Gasteiger partial charge in [-0.15, -0.1) is 0 Å². The third-order valence-corrected chi connectivity index (χ3v) is 4.41. The molecule has 2 rings (SSSR count). The Hall–Kier alpha value is -0.940. The van der Waals surface area contributed by atoms with Gasteiger partial charge < -0.3 is 10.2 Å². The van der Waals surface area contributed by atoms with E-state index in [1.54, 1.807) is 11.0 Å². The summed E-state index contributed by atoms with van der Waals surface area (Å²) in [5.41, 5.74) is 0.228. The minimum Gasteiger partial charge on any atom is -0.338 e. The van der Waals surface area contributed by atoms with Gasteiger partial charge in [0.15, 0.2) is 0 Å². The van der Waals surface area contributed by atoms with E-state index >= 15 is 0 Å². The Morgan fingerprint density at radius 3 is 2.58 bits per heavy atom. The Morgan fingerprint density at radius 2 is 2.05 bits per heavy atom. The molecule has 1 N–H and O–H groups in total. The van der Waals surface area contributed by atoms with Gasteiger partial charge >= 0.3 is 0 Å². The van der Waals surface area contributed by atoms with Crippen LogP contribution in [-0.2, 0) is 0 Å². The van der Waals surface area contributed by atoms with Crippen LogP contribution in [0.3, 0.4) is 0 Å². The molecule has 0 atom stereocenters. The largest absolute Gasteiger partial charge is 0.338 e. The quantitative estimate of drug-likeness (QED) is 0.905. The van der Waals surface area contributed by atoms with Crippen molar-refractivity contribution in [2.75, 3.05) is 20.1 Å². The first-order chi connectivity index (χ1) is 8.95. The molecule has 1 saturated heterocycles. The third-order valence-electron chi connectivity index (χ3n) is 3.92. The Labute approximate surface area is 121 Å². The van der Waals surface area contributed by atoms with Gasteiger partial charge in [0.2, 0.25) is 0 Å². The zero-order valence-corrected chi connectivity index (χ0v) is 12.8. The molecule has 1 aromatic rings. The minimum absolute atomic E-state index is 0.0784. The first-order valence-corrected chi connectivity index (χ1v) is 7.18. The molecular formula is C14H18BrFN2O. The number of benzene rings is 1. The number of halogens is 2. The van der Waals surface area contributed by atoms with Crippen molar-refractivity contribution in [1.29, 1.82) is 0 Å². The predicted molar refractivity (Wildman–Crippen MR) is 76.7 cm³/mol. The van der Waals surface area contributed by atoms with Crippen LogP contribution in [-0.4, -0.2) is 36.5 Å². The number of piperidine rings is 1. The highest BCUT2D eigenvalue weighted by molar-refractivity contribution is 9.10. The molecule has 0 aromatic heterocycles. The second kappa shape index (κ2) is 5.59. The molecule has 0 aliphatic carbocycles. The van der Waals surface area contributed by atoms with E-state index in [0.717, 1.165) is 12.8 Å². The summed E-state index contributed by atoms with van der Waals surface area (Å²) in [5.74, 6) is -0.690. The number of nitrogens with one attached hydrogen (secondary N) is 1. The van der Waals surface area contributed by atoms with Gasteiger partial charge in [0.05, 0.1) is 5.56 Å². The molecular weight excluding hydrogens is 311 g/mol. The number of hydrogen-bond acceptors (Lipinski definition) is 2. The highest BCUT2D eigenvalue weighted by atomic mass is 79.9. The van der Waals surface area contributed by atoms with Crippen molar-refractivity contribution in [2.24, 2.45) is 0 Å². The van der Waals surface area contributed by atoms with Crippen LogP contribution in [0.15, 0.2) is 22.7 Å². The topological polar surface area (TPSA) is 32.3 Å². The molecule has 1 aromatic carbocycles. The standard InChI is InChI=1S/C14H18BrFN2O/c1-14(17-2)5-7-18(8-6-14)13(19)11-4-3-10(15)9-12(11)16/h3-4,9,17H,5-8H2,1-2H3. The number of carbonyl (C=O) groups excluding carboxylic acids is 1. The van der Waals surface area contributed by atoms with E-state index < -0.39 is 5.82 Å². The molecule has 0 radical (unpaired) electrons. The van der Waals surface area contributed by atoms with Gasteiger partial charge in [-0.1, -0.05) is 15.9 Å². The van der Waals surface area contributed by atoms with Crippen LogP contribution in [0, 0.1) is 5.82 Å². The Balaban J connectivity index is 2.09. The Morgan fingerprint density at radius 1 is 1.42 bits per heavy atom. The van der Waals surface area contributed by atoms with Crippen molar-refractivity contribution in [3.05, 3.63) is 34.1 Å². The van der Waals surface area contributed by atoms with E-state index in [9.17, 15) is 9.18 Å². The summed E-state index contributed by atoms with van der Waals surface area (Å²) in [6.45, 7) is 3.46. The van der Waals surface area contributed by atoms with Crippen LogP contribution in [0.25, 0.3) is 0 Å². The second-order valence-corrected chi connectivity index (χ2v) is 6.14. The smallest absolute Gasteiger partial charge is 0.256 e. The summed E-state index contributed by atoms with van der Waals surface area (Å²) in [7, 11) is 1.94. The van der Waals surface area contributed by atoms with Gasteiger partial charge in [0, 0.05) is 23.1 Å². The van der Waals surface area contributed by atoms with Crippen LogP contribution in [0.2, 0.25) is 0 Å². The zero-order valence-electron chi connectivity index (χ0n) is 11.2. The van der Waals surface area contributed by atoms with Crippen LogP contribution < -0.4 is 5.32 Å². The van der Waals surface area contributed by atoms with E-state index in [4.69, 9.17) is 0 Å². The molecule has 19 heavy (non-hydrogen) atoms. The molecule has 1 aliphatic rings. The van der Waals surface area contributed by atoms with Crippen molar-refractivity contribution in [3.63, 3.8) is 0 Å². The SMILES string of the molecule is CNC1(C)CCN(C(=O)c2ccc(Br)cc2F)CC1. The van der Waals surface area contributed by atoms with E-state index in [-0.39, 0.29) is 17.0 Å². The monoisotopic (exact) mass is 328 g/mol. The van der Waals surface area contributed by atoms with Crippen molar-refractivity contribution >= 4 is 21.8 Å². The molecule has 0 saturated carbocycles. The molecule has 1 aliphatic heterocycles. The van der Waals surface area contributed by atoms with Gasteiger partial charge in [0.25, 0.3) is 5.91 Å². The fraction of sp³-hybridized carbons (Fsp3) is 0.500. The first kappa shape index (κ1) is 14.5. The lowest BCUT2D eigenvalue weighted by Crippen LogP contribution is -2.51. The molecule has 1 amide bonds. The summed E-state index contributed by atoms with van der Waals surface area (Å²) in [5, 5.41) is 3.28. The normalized spacial score (nSPS) is 18.4. The summed E-state index contributed by atoms with van der Waals surface area (Å²) in [6.07, 6.45) is 1.76. The Bertz CT molecular complexity index is 484. The van der Waals surface area contributed by atoms with Crippen LogP contribution >= 0.6 is 15.9 Å². The maximum atomic E-state index is 13.8. The Kier molecular flexibility index (Phi) is 4.26. The fourth-order valence-electron chi connectivity index (χ4n) is 2.29. The van der Waals surface area contributed by atoms with Crippen LogP contribution in [0.5, 0.6) is 0 Å². The molecule has 1 heterocycles. The van der Waals surface area contributed by atoms with Crippen LogP contribution in [0.4, 0.5) is 4.39 Å². The first-order valence-electron chi connectivity index (χ1n) is 6.38. The van der Waals surface area contributed by atoms with Gasteiger partial charge in [-0.25, -0.2) is 4.39 Å². The van der Waals surface area contributed by atoms with E-state index in [1.807, 2.05) is 7.05 Å². The van der Waals surface area contributed by atoms with Crippen molar-refractivity contribution in [2.45, 2.75) is 25.3 Å². The second-order valence-electron chi connectivity index (χ2n) is 5.23. The minimum atomic E-state index is -0.471. The van der Waals surface area contributed by atoms with Gasteiger partial charge in [-0.2, -0.15) is 0 Å². The average molecular weight is 329 g/mol. The van der Waals surface area contributed by atoms with Gasteiger partial charge in [0.1, 0.15) is 5.82 Å². The fourth-order valence-corrected chi connectivity index (χ4v) is 2.62. The highest BCUT2D eigenvalue weighted by Gasteiger charge is 2.31. The van der Waals surface area contributed by atoms with Crippen LogP contribution in [0.1, 0.15) is 30.1 Å². The molecule has 0 spiro atoms. The number of rotatable bonds is 2. The number of likely N-dealkylation sites (tertiary alicyclic amines) is 1. The van der Waals surface area contributed by atoms with Crippen molar-refractivity contribution in [3.8, 4) is 0 Å². The lowest BCUT2D eigenvalue weighted by Gasteiger charge is -2.39. The maximum Gasteiger partial charge on any atom is 0.256 e. The lowest BCUT2D eigenvalue weighted by molar-refractivity contribution is 0.0657. The van der Waals surface area contributed by atoms with E-state index in [1.165, 1.54) is 12.1 Å². The summed E-state index contributed by atoms with van der Waals surface area (Å²) in [4.78, 5) is 14.0. The molecule has 3 nitrogen and oxygen atoms in total.